The number of fused-ring (bicyclic) bond motifs is 1. The number of hydrogen-bond donors (Lipinski definition) is 1. The molecule has 0 aliphatic rings. The van der Waals surface area contributed by atoms with Crippen LogP contribution in [0.4, 0.5) is 0 Å². The first-order chi connectivity index (χ1) is 7.43. The number of aryl methyl sites for hydroxylation is 1. The average Bonchev–Trinajstić information content (AvgIpc) is 2.55. The van der Waals surface area contributed by atoms with Crippen LogP contribution in [0.1, 0.15) is 5.56 Å². The van der Waals surface area contributed by atoms with Crippen LogP contribution < -0.4 is 4.74 Å². The monoisotopic (exact) mass is 298 g/mol. The van der Waals surface area contributed by atoms with Crippen LogP contribution >= 0.6 is 11.3 Å². The van der Waals surface area contributed by atoms with E-state index in [-0.39, 0.29) is 55.6 Å². The van der Waals surface area contributed by atoms with Gasteiger partial charge in [0.05, 0.1) is 7.11 Å². The zero-order valence-electron chi connectivity index (χ0n) is 8.72. The Kier molecular flexibility index (Phi) is 5.19. The van der Waals surface area contributed by atoms with Gasteiger partial charge in [-0.3, -0.25) is 4.55 Å². The standard InChI is InChI=1S/C10H10O4S2.K.H/c1-6-8-5-7(14-2)3-4-9(8)15-10(6)16(11,12)13;;/h3-5H,1-2H3,(H,11,12,13);;. The molecule has 1 aromatic carbocycles. The molecule has 0 amide bonds. The molecule has 88 valence electrons. The third-order valence-corrected chi connectivity index (χ3v) is 5.06. The van der Waals surface area contributed by atoms with Gasteiger partial charge >= 0.3 is 61.5 Å². The van der Waals surface area contributed by atoms with Crippen LogP contribution in [0.25, 0.3) is 10.1 Å². The average molecular weight is 298 g/mol. The van der Waals surface area contributed by atoms with Crippen molar-refractivity contribution in [3.63, 3.8) is 0 Å². The van der Waals surface area contributed by atoms with Gasteiger partial charge in [0.25, 0.3) is 0 Å². The molecule has 2 aromatic rings. The SMILES string of the molecule is COc1ccc2sc(S(=O)(=O)O)c(C)c2c1.[KH]. The zero-order valence-corrected chi connectivity index (χ0v) is 10.4. The number of methoxy groups -OCH3 is 1. The number of benzene rings is 1. The Morgan fingerprint density at radius 1 is 1.35 bits per heavy atom. The van der Waals surface area contributed by atoms with Gasteiger partial charge in [0.1, 0.15) is 5.75 Å². The summed E-state index contributed by atoms with van der Waals surface area (Å²) in [6.45, 7) is 1.67. The van der Waals surface area contributed by atoms with Crippen molar-refractivity contribution in [2.75, 3.05) is 7.11 Å². The van der Waals surface area contributed by atoms with Crippen molar-refractivity contribution in [1.29, 1.82) is 0 Å². The summed E-state index contributed by atoms with van der Waals surface area (Å²) in [4.78, 5) is 0. The molecule has 0 unspecified atom stereocenters. The molecule has 0 aliphatic carbocycles. The van der Waals surface area contributed by atoms with Crippen LogP contribution in [-0.4, -0.2) is 71.5 Å². The van der Waals surface area contributed by atoms with Crippen molar-refractivity contribution in [2.45, 2.75) is 11.1 Å². The summed E-state index contributed by atoms with van der Waals surface area (Å²) in [5.74, 6) is 0.662. The number of thiophene rings is 1. The van der Waals surface area contributed by atoms with Gasteiger partial charge in [0, 0.05) is 10.1 Å². The molecule has 1 heterocycles. The predicted molar refractivity (Wildman–Crippen MR) is 70.1 cm³/mol. The van der Waals surface area contributed by atoms with Crippen molar-refractivity contribution in [3.05, 3.63) is 23.8 Å². The summed E-state index contributed by atoms with van der Waals surface area (Å²) in [6, 6.07) is 5.29. The molecule has 0 fully saturated rings. The van der Waals surface area contributed by atoms with Crippen LogP contribution in [0, 0.1) is 6.92 Å². The molecule has 7 heteroatoms. The molecule has 0 saturated carbocycles. The molecule has 0 saturated heterocycles. The number of hydrogen-bond acceptors (Lipinski definition) is 4. The molecule has 0 atom stereocenters. The fraction of sp³-hybridized carbons (Fsp3) is 0.200. The first kappa shape index (κ1) is 15.6. The summed E-state index contributed by atoms with van der Waals surface area (Å²) in [7, 11) is -2.59. The normalized spacial score (nSPS) is 11.2. The van der Waals surface area contributed by atoms with Gasteiger partial charge in [-0.05, 0) is 30.7 Å². The summed E-state index contributed by atoms with van der Waals surface area (Å²) in [5.41, 5.74) is 0.557. The summed E-state index contributed by atoms with van der Waals surface area (Å²) < 4.78 is 37.1. The van der Waals surface area contributed by atoms with E-state index in [1.165, 1.54) is 0 Å². The molecule has 0 radical (unpaired) electrons. The zero-order chi connectivity index (χ0) is 11.9. The topological polar surface area (TPSA) is 63.6 Å². The van der Waals surface area contributed by atoms with Crippen LogP contribution in [0.5, 0.6) is 5.75 Å². The van der Waals surface area contributed by atoms with Gasteiger partial charge in [-0.25, -0.2) is 0 Å². The Hall–Kier alpha value is 0.526. The van der Waals surface area contributed by atoms with Gasteiger partial charge in [-0.1, -0.05) is 0 Å². The van der Waals surface area contributed by atoms with E-state index in [0.29, 0.717) is 11.3 Å². The second-order valence-electron chi connectivity index (χ2n) is 3.35. The Labute approximate surface area is 146 Å². The molecular formula is C10H11KO4S2. The Morgan fingerprint density at radius 3 is 2.53 bits per heavy atom. The van der Waals surface area contributed by atoms with E-state index < -0.39 is 10.1 Å². The first-order valence-corrected chi connectivity index (χ1v) is 6.74. The Balaban J connectivity index is 0.00000144. The van der Waals surface area contributed by atoms with E-state index in [4.69, 9.17) is 9.29 Å². The van der Waals surface area contributed by atoms with Crippen molar-refractivity contribution in [1.82, 2.24) is 0 Å². The van der Waals surface area contributed by atoms with Gasteiger partial charge < -0.3 is 4.74 Å². The summed E-state index contributed by atoms with van der Waals surface area (Å²) >= 11 is 1.06. The molecular weight excluding hydrogens is 287 g/mol. The van der Waals surface area contributed by atoms with Crippen LogP contribution in [0.15, 0.2) is 22.4 Å². The third-order valence-electron chi connectivity index (χ3n) is 2.33. The van der Waals surface area contributed by atoms with E-state index in [0.717, 1.165) is 21.4 Å². The second kappa shape index (κ2) is 5.66. The molecule has 4 nitrogen and oxygen atoms in total. The second-order valence-corrected chi connectivity index (χ2v) is 6.02. The molecule has 2 rings (SSSR count). The van der Waals surface area contributed by atoms with E-state index in [1.807, 2.05) is 0 Å². The molecule has 1 N–H and O–H groups in total. The quantitative estimate of drug-likeness (QED) is 0.678. The van der Waals surface area contributed by atoms with E-state index in [9.17, 15) is 8.42 Å². The van der Waals surface area contributed by atoms with E-state index in [2.05, 4.69) is 0 Å². The van der Waals surface area contributed by atoms with Crippen molar-refractivity contribution in [3.8, 4) is 5.75 Å². The minimum atomic E-state index is -4.14. The number of rotatable bonds is 2. The Bertz CT molecular complexity index is 646. The molecule has 0 aliphatic heterocycles. The fourth-order valence-electron chi connectivity index (χ4n) is 1.55. The van der Waals surface area contributed by atoms with Gasteiger partial charge in [-0.15, -0.1) is 11.3 Å². The van der Waals surface area contributed by atoms with Crippen molar-refractivity contribution in [2.24, 2.45) is 0 Å². The minimum absolute atomic E-state index is 0. The van der Waals surface area contributed by atoms with Gasteiger partial charge in [0.2, 0.25) is 0 Å². The predicted octanol–water partition coefficient (Wildman–Crippen LogP) is 1.82. The van der Waals surface area contributed by atoms with Crippen molar-refractivity contribution >= 4 is 82.9 Å². The third kappa shape index (κ3) is 3.10. The maximum atomic E-state index is 11.1. The number of ether oxygens (including phenoxy) is 1. The van der Waals surface area contributed by atoms with Gasteiger partial charge in [-0.2, -0.15) is 8.42 Å². The van der Waals surface area contributed by atoms with Crippen LogP contribution in [0.3, 0.4) is 0 Å². The Morgan fingerprint density at radius 2 is 2.00 bits per heavy atom. The van der Waals surface area contributed by atoms with Crippen molar-refractivity contribution < 1.29 is 17.7 Å². The molecule has 17 heavy (non-hydrogen) atoms. The van der Waals surface area contributed by atoms with E-state index in [1.54, 1.807) is 32.2 Å². The fourth-order valence-corrected chi connectivity index (χ4v) is 3.66. The van der Waals surface area contributed by atoms with Gasteiger partial charge in [0.15, 0.2) is 4.21 Å². The molecule has 0 bridgehead atoms. The summed E-state index contributed by atoms with van der Waals surface area (Å²) in [5, 5.41) is 0.789. The molecule has 0 spiro atoms. The first-order valence-electron chi connectivity index (χ1n) is 4.48. The van der Waals surface area contributed by atoms with Crippen LogP contribution in [0.2, 0.25) is 0 Å². The maximum absolute atomic E-state index is 11.1. The van der Waals surface area contributed by atoms with E-state index >= 15 is 0 Å². The van der Waals surface area contributed by atoms with Crippen LogP contribution in [-0.2, 0) is 10.1 Å². The molecule has 1 aromatic heterocycles. The summed E-state index contributed by atoms with van der Waals surface area (Å²) in [6.07, 6.45) is 0.